The topological polar surface area (TPSA) is 38.4 Å². The van der Waals surface area contributed by atoms with Gasteiger partial charge in [-0.25, -0.2) is 18.2 Å². The van der Waals surface area contributed by atoms with E-state index in [1.54, 1.807) is 0 Å². The molecule has 0 amide bonds. The van der Waals surface area contributed by atoms with Gasteiger partial charge in [0.1, 0.15) is 17.3 Å². The lowest BCUT2D eigenvalue weighted by atomic mass is 10.1. The molecule has 1 saturated carbocycles. The van der Waals surface area contributed by atoms with Crippen LogP contribution in [0.5, 0.6) is 0 Å². The van der Waals surface area contributed by atoms with Gasteiger partial charge in [0, 0.05) is 18.1 Å². The highest BCUT2D eigenvalue weighted by molar-refractivity contribution is 5.85. The zero-order valence-electron chi connectivity index (χ0n) is 9.22. The molecule has 1 aliphatic rings. The Morgan fingerprint density at radius 2 is 1.82 bits per heavy atom. The van der Waals surface area contributed by atoms with Crippen molar-refractivity contribution in [1.82, 2.24) is 0 Å². The molecule has 0 saturated heterocycles. The Hall–Kier alpha value is -1.52. The van der Waals surface area contributed by atoms with Gasteiger partial charge in [0.25, 0.3) is 0 Å². The van der Waals surface area contributed by atoms with E-state index in [0.29, 0.717) is 6.07 Å². The minimum Gasteiger partial charge on any atom is -0.387 e. The Kier molecular flexibility index (Phi) is 3.36. The summed E-state index contributed by atoms with van der Waals surface area (Å²) in [6.07, 6.45) is 3.91. The summed E-state index contributed by atoms with van der Waals surface area (Å²) in [5.41, 5.74) is 5.35. The van der Waals surface area contributed by atoms with Crippen LogP contribution in [0, 0.1) is 23.4 Å². The minimum absolute atomic E-state index is 0.0979. The molecule has 1 aromatic carbocycles. The first-order valence-corrected chi connectivity index (χ1v) is 5.56. The number of nitrogens with zero attached hydrogens (tertiary/aromatic N) is 1. The first-order chi connectivity index (χ1) is 8.08. The van der Waals surface area contributed by atoms with Crippen molar-refractivity contribution in [1.29, 1.82) is 0 Å². The number of hydrogen-bond donors (Lipinski definition) is 1. The Bertz CT molecular complexity index is 451. The van der Waals surface area contributed by atoms with Gasteiger partial charge < -0.3 is 5.73 Å². The van der Waals surface area contributed by atoms with Crippen molar-refractivity contribution in [2.24, 2.45) is 16.6 Å². The van der Waals surface area contributed by atoms with E-state index in [9.17, 15) is 13.2 Å². The molecular formula is C12H13F3N2. The molecule has 0 bridgehead atoms. The molecule has 1 fully saturated rings. The molecule has 0 heterocycles. The van der Waals surface area contributed by atoms with Gasteiger partial charge in [-0.05, 0) is 12.8 Å². The van der Waals surface area contributed by atoms with Gasteiger partial charge in [0.2, 0.25) is 0 Å². The van der Waals surface area contributed by atoms with E-state index in [0.717, 1.165) is 31.7 Å². The van der Waals surface area contributed by atoms with Crippen LogP contribution in [-0.4, -0.2) is 5.84 Å². The molecule has 2 N–H and O–H groups in total. The van der Waals surface area contributed by atoms with Crippen LogP contribution in [0.4, 0.5) is 18.9 Å². The zero-order chi connectivity index (χ0) is 12.4. The molecule has 5 heteroatoms. The molecule has 17 heavy (non-hydrogen) atoms. The molecule has 0 spiro atoms. The molecule has 0 radical (unpaired) electrons. The zero-order valence-corrected chi connectivity index (χ0v) is 9.22. The van der Waals surface area contributed by atoms with Gasteiger partial charge in [0.15, 0.2) is 11.6 Å². The van der Waals surface area contributed by atoms with Crippen LogP contribution in [0.1, 0.15) is 25.7 Å². The van der Waals surface area contributed by atoms with Crippen molar-refractivity contribution in [2.45, 2.75) is 25.7 Å². The van der Waals surface area contributed by atoms with Crippen LogP contribution in [0.3, 0.4) is 0 Å². The van der Waals surface area contributed by atoms with Gasteiger partial charge >= 0.3 is 0 Å². The summed E-state index contributed by atoms with van der Waals surface area (Å²) in [4.78, 5) is 3.80. The fraction of sp³-hybridized carbons (Fsp3) is 0.417. The second-order valence-electron chi connectivity index (χ2n) is 4.24. The summed E-state index contributed by atoms with van der Waals surface area (Å²) < 4.78 is 39.2. The van der Waals surface area contributed by atoms with E-state index in [1.807, 2.05) is 0 Å². The number of hydrogen-bond acceptors (Lipinski definition) is 1. The van der Waals surface area contributed by atoms with Gasteiger partial charge in [0.05, 0.1) is 0 Å². The average molecular weight is 242 g/mol. The third kappa shape index (κ3) is 2.60. The fourth-order valence-corrected chi connectivity index (χ4v) is 2.08. The number of halogens is 3. The van der Waals surface area contributed by atoms with E-state index in [2.05, 4.69) is 4.99 Å². The first-order valence-electron chi connectivity index (χ1n) is 5.56. The smallest absolute Gasteiger partial charge is 0.184 e. The van der Waals surface area contributed by atoms with Gasteiger partial charge in [-0.15, -0.1) is 0 Å². The number of aliphatic imine (C=N–C) groups is 1. The normalized spacial score (nSPS) is 17.7. The summed E-state index contributed by atoms with van der Waals surface area (Å²) in [6.45, 7) is 0. The van der Waals surface area contributed by atoms with E-state index >= 15 is 0 Å². The highest BCUT2D eigenvalue weighted by Gasteiger charge is 2.19. The molecule has 0 aromatic heterocycles. The van der Waals surface area contributed by atoms with Crippen molar-refractivity contribution in [3.05, 3.63) is 29.6 Å². The summed E-state index contributed by atoms with van der Waals surface area (Å²) in [7, 11) is 0. The van der Waals surface area contributed by atoms with E-state index < -0.39 is 17.5 Å². The van der Waals surface area contributed by atoms with Crippen molar-refractivity contribution in [3.63, 3.8) is 0 Å². The molecule has 0 aliphatic heterocycles. The summed E-state index contributed by atoms with van der Waals surface area (Å²) in [6, 6.07) is 1.33. The lowest BCUT2D eigenvalue weighted by Gasteiger charge is -2.08. The Morgan fingerprint density at radius 3 is 2.47 bits per heavy atom. The van der Waals surface area contributed by atoms with E-state index in [1.165, 1.54) is 0 Å². The van der Waals surface area contributed by atoms with E-state index in [4.69, 9.17) is 5.73 Å². The van der Waals surface area contributed by atoms with Crippen LogP contribution in [0.2, 0.25) is 0 Å². The van der Waals surface area contributed by atoms with Crippen LogP contribution < -0.4 is 5.73 Å². The number of rotatable bonds is 2. The first kappa shape index (κ1) is 12.0. The van der Waals surface area contributed by atoms with Crippen LogP contribution in [-0.2, 0) is 0 Å². The molecule has 1 aromatic rings. The Balaban J connectivity index is 2.30. The molecule has 0 unspecified atom stereocenters. The number of benzene rings is 1. The number of nitrogens with two attached hydrogens (primary N) is 1. The van der Waals surface area contributed by atoms with Crippen molar-refractivity contribution >= 4 is 11.5 Å². The second kappa shape index (κ2) is 4.77. The maximum atomic E-state index is 13.3. The molecule has 92 valence electrons. The largest absolute Gasteiger partial charge is 0.387 e. The van der Waals surface area contributed by atoms with Gasteiger partial charge in [-0.2, -0.15) is 0 Å². The van der Waals surface area contributed by atoms with Crippen LogP contribution in [0.15, 0.2) is 17.1 Å². The van der Waals surface area contributed by atoms with Crippen molar-refractivity contribution < 1.29 is 13.2 Å². The molecule has 1 aliphatic carbocycles. The Labute approximate surface area is 97.3 Å². The van der Waals surface area contributed by atoms with E-state index in [-0.39, 0.29) is 17.4 Å². The number of amidine groups is 1. The highest BCUT2D eigenvalue weighted by atomic mass is 19.2. The maximum Gasteiger partial charge on any atom is 0.184 e. The monoisotopic (exact) mass is 242 g/mol. The lowest BCUT2D eigenvalue weighted by molar-refractivity contribution is 0.497. The summed E-state index contributed by atoms with van der Waals surface area (Å²) in [5.74, 6) is -2.91. The standard InChI is InChI=1S/C12H13F3N2/c13-8-5-9(14)11(15)10(6-8)17-12(16)7-3-1-2-4-7/h5-7H,1-4H2,(H2,16,17). The average Bonchev–Trinajstić information content (AvgIpc) is 2.78. The predicted octanol–water partition coefficient (Wildman–Crippen LogP) is 3.28. The maximum absolute atomic E-state index is 13.3. The lowest BCUT2D eigenvalue weighted by Crippen LogP contribution is -2.20. The van der Waals surface area contributed by atoms with Crippen molar-refractivity contribution in [3.8, 4) is 0 Å². The fourth-order valence-electron chi connectivity index (χ4n) is 2.08. The molecular weight excluding hydrogens is 229 g/mol. The highest BCUT2D eigenvalue weighted by Crippen LogP contribution is 2.27. The van der Waals surface area contributed by atoms with Crippen LogP contribution in [0.25, 0.3) is 0 Å². The third-order valence-corrected chi connectivity index (χ3v) is 3.00. The van der Waals surface area contributed by atoms with Crippen molar-refractivity contribution in [2.75, 3.05) is 0 Å². The summed E-state index contributed by atoms with van der Waals surface area (Å²) in [5, 5.41) is 0. The molecule has 0 atom stereocenters. The van der Waals surface area contributed by atoms with Gasteiger partial charge in [-0.3, -0.25) is 0 Å². The molecule has 2 nitrogen and oxygen atoms in total. The molecule has 2 rings (SSSR count). The second-order valence-corrected chi connectivity index (χ2v) is 4.24. The van der Waals surface area contributed by atoms with Crippen LogP contribution >= 0.6 is 0 Å². The minimum atomic E-state index is -1.25. The third-order valence-electron chi connectivity index (χ3n) is 3.00. The SMILES string of the molecule is NC(=Nc1cc(F)cc(F)c1F)C1CCCC1. The Morgan fingerprint density at radius 1 is 1.18 bits per heavy atom. The summed E-state index contributed by atoms with van der Waals surface area (Å²) >= 11 is 0. The van der Waals surface area contributed by atoms with Gasteiger partial charge in [-0.1, -0.05) is 12.8 Å². The predicted molar refractivity (Wildman–Crippen MR) is 59.6 cm³/mol. The quantitative estimate of drug-likeness (QED) is 0.482.